The summed E-state index contributed by atoms with van der Waals surface area (Å²) in [6.45, 7) is 0. The zero-order valence-corrected chi connectivity index (χ0v) is 13.4. The van der Waals surface area contributed by atoms with E-state index in [1.54, 1.807) is 42.5 Å². The second kappa shape index (κ2) is 5.94. The number of anilines is 1. The first kappa shape index (κ1) is 14.8. The maximum atomic E-state index is 12.2. The zero-order valence-electron chi connectivity index (χ0n) is 11.1. The predicted molar refractivity (Wildman–Crippen MR) is 89.6 cm³/mol. The highest BCUT2D eigenvalue weighted by Gasteiger charge is 2.14. The van der Waals surface area contributed by atoms with Crippen LogP contribution in [0.25, 0.3) is 11.0 Å². The standard InChI is InChI=1S/C16H9BrClNO3/c17-9-5-6-10-13(20)8-15(22-14(10)7-9)16(21)19-12-4-2-1-3-11(12)18/h1-8H,(H,19,21). The molecule has 0 fully saturated rings. The lowest BCUT2D eigenvalue weighted by Crippen LogP contribution is -2.15. The summed E-state index contributed by atoms with van der Waals surface area (Å²) in [7, 11) is 0. The third kappa shape index (κ3) is 2.91. The Balaban J connectivity index is 2.01. The van der Waals surface area contributed by atoms with E-state index in [0.717, 1.165) is 4.47 Å². The minimum absolute atomic E-state index is 0.0736. The van der Waals surface area contributed by atoms with Crippen LogP contribution in [0, 0.1) is 0 Å². The molecule has 1 amide bonds. The Morgan fingerprint density at radius 3 is 2.68 bits per heavy atom. The van der Waals surface area contributed by atoms with Gasteiger partial charge in [0.05, 0.1) is 16.1 Å². The smallest absolute Gasteiger partial charge is 0.291 e. The van der Waals surface area contributed by atoms with E-state index >= 15 is 0 Å². The molecule has 2 aromatic carbocycles. The fraction of sp³-hybridized carbons (Fsp3) is 0. The molecule has 3 rings (SSSR count). The molecule has 0 atom stereocenters. The van der Waals surface area contributed by atoms with Crippen molar-refractivity contribution in [3.63, 3.8) is 0 Å². The number of benzene rings is 2. The predicted octanol–water partition coefficient (Wildman–Crippen LogP) is 4.46. The normalized spacial score (nSPS) is 10.6. The number of amides is 1. The van der Waals surface area contributed by atoms with E-state index in [0.29, 0.717) is 21.7 Å². The molecule has 4 nitrogen and oxygen atoms in total. The number of nitrogens with one attached hydrogen (secondary N) is 1. The summed E-state index contributed by atoms with van der Waals surface area (Å²) < 4.78 is 6.27. The summed E-state index contributed by atoms with van der Waals surface area (Å²) in [6.07, 6.45) is 0. The van der Waals surface area contributed by atoms with Gasteiger partial charge in [0.25, 0.3) is 5.91 Å². The number of rotatable bonds is 2. The van der Waals surface area contributed by atoms with E-state index in [1.165, 1.54) is 6.07 Å². The van der Waals surface area contributed by atoms with Crippen LogP contribution in [0.1, 0.15) is 10.6 Å². The van der Waals surface area contributed by atoms with Crippen molar-refractivity contribution >= 4 is 50.1 Å². The highest BCUT2D eigenvalue weighted by molar-refractivity contribution is 9.10. The van der Waals surface area contributed by atoms with Crippen molar-refractivity contribution < 1.29 is 9.21 Å². The Bertz CT molecular complexity index is 936. The number of hydrogen-bond acceptors (Lipinski definition) is 3. The van der Waals surface area contributed by atoms with Crippen LogP contribution in [0.4, 0.5) is 5.69 Å². The molecule has 0 bridgehead atoms. The van der Waals surface area contributed by atoms with Gasteiger partial charge in [0.2, 0.25) is 0 Å². The lowest BCUT2D eigenvalue weighted by molar-refractivity contribution is 0.0997. The molecule has 3 aromatic rings. The number of halogens is 2. The minimum atomic E-state index is -0.535. The number of para-hydroxylation sites is 1. The van der Waals surface area contributed by atoms with Gasteiger partial charge in [-0.05, 0) is 30.3 Å². The second-order valence-electron chi connectivity index (χ2n) is 4.55. The van der Waals surface area contributed by atoms with Gasteiger partial charge in [0.15, 0.2) is 11.2 Å². The van der Waals surface area contributed by atoms with Gasteiger partial charge >= 0.3 is 0 Å². The van der Waals surface area contributed by atoms with Crippen LogP contribution in [0.2, 0.25) is 5.02 Å². The number of carbonyl (C=O) groups excluding carboxylic acids is 1. The zero-order chi connectivity index (χ0) is 15.7. The monoisotopic (exact) mass is 377 g/mol. The summed E-state index contributed by atoms with van der Waals surface area (Å²) in [5.41, 5.74) is 0.510. The number of fused-ring (bicyclic) bond motifs is 1. The largest absolute Gasteiger partial charge is 0.451 e. The van der Waals surface area contributed by atoms with Crippen molar-refractivity contribution in [3.05, 3.63) is 74.0 Å². The summed E-state index contributed by atoms with van der Waals surface area (Å²) >= 11 is 9.29. The fourth-order valence-electron chi connectivity index (χ4n) is 1.99. The molecule has 1 heterocycles. The van der Waals surface area contributed by atoms with Gasteiger partial charge in [-0.2, -0.15) is 0 Å². The van der Waals surface area contributed by atoms with Crippen LogP contribution in [0.15, 0.2) is 62.2 Å². The molecule has 0 aliphatic rings. The summed E-state index contributed by atoms with van der Waals surface area (Å²) in [4.78, 5) is 24.3. The molecule has 0 radical (unpaired) electrons. The van der Waals surface area contributed by atoms with E-state index in [4.69, 9.17) is 16.0 Å². The van der Waals surface area contributed by atoms with Crippen LogP contribution in [0.5, 0.6) is 0 Å². The first-order chi connectivity index (χ1) is 10.5. The highest BCUT2D eigenvalue weighted by atomic mass is 79.9. The van der Waals surface area contributed by atoms with Gasteiger partial charge in [-0.25, -0.2) is 0 Å². The maximum absolute atomic E-state index is 12.2. The van der Waals surface area contributed by atoms with Crippen molar-refractivity contribution in [3.8, 4) is 0 Å². The van der Waals surface area contributed by atoms with Crippen LogP contribution in [0.3, 0.4) is 0 Å². The Labute approximate surface area is 138 Å². The first-order valence-corrected chi connectivity index (χ1v) is 7.51. The lowest BCUT2D eigenvalue weighted by atomic mass is 10.2. The third-order valence-corrected chi connectivity index (χ3v) is 3.86. The van der Waals surface area contributed by atoms with Gasteiger partial charge in [-0.15, -0.1) is 0 Å². The second-order valence-corrected chi connectivity index (χ2v) is 5.87. The molecule has 1 aromatic heterocycles. The minimum Gasteiger partial charge on any atom is -0.451 e. The molecule has 0 spiro atoms. The quantitative estimate of drug-likeness (QED) is 0.716. The average Bonchev–Trinajstić information content (AvgIpc) is 2.49. The molecule has 6 heteroatoms. The van der Waals surface area contributed by atoms with E-state index in [9.17, 15) is 9.59 Å². The number of hydrogen-bond donors (Lipinski definition) is 1. The molecule has 22 heavy (non-hydrogen) atoms. The third-order valence-electron chi connectivity index (χ3n) is 3.04. The lowest BCUT2D eigenvalue weighted by Gasteiger charge is -2.07. The van der Waals surface area contributed by atoms with Gasteiger partial charge in [-0.3, -0.25) is 9.59 Å². The van der Waals surface area contributed by atoms with Crippen LogP contribution in [-0.2, 0) is 0 Å². The Hall–Kier alpha value is -2.11. The molecular weight excluding hydrogens is 370 g/mol. The van der Waals surface area contributed by atoms with Gasteiger partial charge < -0.3 is 9.73 Å². The molecule has 0 aliphatic carbocycles. The van der Waals surface area contributed by atoms with Gasteiger partial charge in [-0.1, -0.05) is 39.7 Å². The molecule has 0 saturated carbocycles. The van der Waals surface area contributed by atoms with Crippen molar-refractivity contribution in [2.75, 3.05) is 5.32 Å². The first-order valence-electron chi connectivity index (χ1n) is 6.34. The van der Waals surface area contributed by atoms with Crippen LogP contribution in [-0.4, -0.2) is 5.91 Å². The summed E-state index contributed by atoms with van der Waals surface area (Å²) in [6, 6.07) is 13.0. The van der Waals surface area contributed by atoms with Gasteiger partial charge in [0.1, 0.15) is 5.58 Å². The SMILES string of the molecule is O=C(Nc1ccccc1Cl)c1cc(=O)c2ccc(Br)cc2o1. The molecule has 0 aliphatic heterocycles. The average molecular weight is 379 g/mol. The van der Waals surface area contributed by atoms with Crippen molar-refractivity contribution in [1.29, 1.82) is 0 Å². The van der Waals surface area contributed by atoms with Crippen LogP contribution >= 0.6 is 27.5 Å². The van der Waals surface area contributed by atoms with E-state index in [1.807, 2.05) is 0 Å². The van der Waals surface area contributed by atoms with E-state index in [2.05, 4.69) is 21.2 Å². The van der Waals surface area contributed by atoms with E-state index in [-0.39, 0.29) is 11.2 Å². The summed E-state index contributed by atoms with van der Waals surface area (Å²) in [5, 5.41) is 3.44. The molecule has 110 valence electrons. The topological polar surface area (TPSA) is 59.3 Å². The van der Waals surface area contributed by atoms with Crippen molar-refractivity contribution in [1.82, 2.24) is 0 Å². The van der Waals surface area contributed by atoms with Crippen molar-refractivity contribution in [2.45, 2.75) is 0 Å². The molecule has 0 unspecified atom stereocenters. The van der Waals surface area contributed by atoms with Crippen molar-refractivity contribution in [2.24, 2.45) is 0 Å². The maximum Gasteiger partial charge on any atom is 0.291 e. The highest BCUT2D eigenvalue weighted by Crippen LogP contribution is 2.22. The Kier molecular flexibility index (Phi) is 4.00. The fourth-order valence-corrected chi connectivity index (χ4v) is 2.51. The number of carbonyl (C=O) groups is 1. The van der Waals surface area contributed by atoms with Gasteiger partial charge in [0, 0.05) is 10.5 Å². The molecule has 1 N–H and O–H groups in total. The molecule has 0 saturated heterocycles. The van der Waals surface area contributed by atoms with E-state index < -0.39 is 5.91 Å². The summed E-state index contributed by atoms with van der Waals surface area (Å²) in [5.74, 6) is -0.609. The van der Waals surface area contributed by atoms with Crippen LogP contribution < -0.4 is 10.7 Å². The Morgan fingerprint density at radius 2 is 1.91 bits per heavy atom. The molecular formula is C16H9BrClNO3. The Morgan fingerprint density at radius 1 is 1.14 bits per heavy atom.